The molecule has 0 rings (SSSR count). The molecule has 0 radical (unpaired) electrons. The van der Waals surface area contributed by atoms with Crippen molar-refractivity contribution in [3.05, 3.63) is 12.7 Å². The van der Waals surface area contributed by atoms with Crippen molar-refractivity contribution in [2.24, 2.45) is 0 Å². The molecule has 0 aromatic carbocycles. The Labute approximate surface area is 65.6 Å². The first-order valence-corrected chi connectivity index (χ1v) is 4.46. The molecule has 0 aliphatic heterocycles. The molecule has 0 aromatic rings. The predicted molar refractivity (Wildman–Crippen MR) is 44.2 cm³/mol. The zero-order chi connectivity index (χ0) is 7.82. The van der Waals surface area contributed by atoms with E-state index in [2.05, 4.69) is 6.58 Å². The number of rotatable bonds is 5. The average Bonchev–Trinajstić information content (AvgIpc) is 1.97. The average molecular weight is 160 g/mol. The van der Waals surface area contributed by atoms with Crippen LogP contribution in [0, 0.1) is 0 Å². The zero-order valence-corrected chi connectivity index (χ0v) is 6.95. The summed E-state index contributed by atoms with van der Waals surface area (Å²) in [5.41, 5.74) is 0. The topological polar surface area (TPSA) is 26.3 Å². The maximum atomic E-state index is 10.7. The zero-order valence-electron chi connectivity index (χ0n) is 6.13. The highest BCUT2D eigenvalue weighted by Crippen LogP contribution is 1.96. The minimum atomic E-state index is -0.144. The molecule has 0 heterocycles. The van der Waals surface area contributed by atoms with Gasteiger partial charge in [-0.1, -0.05) is 12.7 Å². The quantitative estimate of drug-likeness (QED) is 0.450. The SMILES string of the molecule is C=CCOC(=O)CCSC. The number of thioether (sulfide) groups is 1. The molecule has 0 unspecified atom stereocenters. The van der Waals surface area contributed by atoms with Crippen LogP contribution in [0.3, 0.4) is 0 Å². The predicted octanol–water partition coefficient (Wildman–Crippen LogP) is 1.47. The molecule has 2 nitrogen and oxygen atoms in total. The molecule has 58 valence electrons. The van der Waals surface area contributed by atoms with Crippen molar-refractivity contribution in [3.8, 4) is 0 Å². The van der Waals surface area contributed by atoms with Crippen molar-refractivity contribution in [1.82, 2.24) is 0 Å². The van der Waals surface area contributed by atoms with Crippen LogP contribution >= 0.6 is 11.8 Å². The highest BCUT2D eigenvalue weighted by molar-refractivity contribution is 7.98. The lowest BCUT2D eigenvalue weighted by Gasteiger charge is -1.98. The van der Waals surface area contributed by atoms with Gasteiger partial charge in [-0.25, -0.2) is 0 Å². The smallest absolute Gasteiger partial charge is 0.306 e. The van der Waals surface area contributed by atoms with Gasteiger partial charge in [0, 0.05) is 5.75 Å². The third-order valence-electron chi connectivity index (χ3n) is 0.872. The van der Waals surface area contributed by atoms with E-state index in [4.69, 9.17) is 4.74 Å². The number of carbonyl (C=O) groups excluding carboxylic acids is 1. The summed E-state index contributed by atoms with van der Waals surface area (Å²) in [4.78, 5) is 10.7. The van der Waals surface area contributed by atoms with Crippen LogP contribution in [-0.2, 0) is 9.53 Å². The highest BCUT2D eigenvalue weighted by atomic mass is 32.2. The van der Waals surface area contributed by atoms with Gasteiger partial charge in [-0.2, -0.15) is 11.8 Å². The summed E-state index contributed by atoms with van der Waals surface area (Å²) in [6.45, 7) is 3.76. The first-order chi connectivity index (χ1) is 4.81. The lowest BCUT2D eigenvalue weighted by atomic mass is 10.5. The Kier molecular flexibility index (Phi) is 6.38. The normalized spacial score (nSPS) is 8.90. The molecule has 0 saturated carbocycles. The van der Waals surface area contributed by atoms with Gasteiger partial charge in [0.15, 0.2) is 0 Å². The summed E-state index contributed by atoms with van der Waals surface area (Å²) >= 11 is 1.64. The first kappa shape index (κ1) is 9.56. The Balaban J connectivity index is 3.16. The van der Waals surface area contributed by atoms with Gasteiger partial charge in [-0.05, 0) is 6.26 Å². The minimum Gasteiger partial charge on any atom is -0.461 e. The number of hydrogen-bond acceptors (Lipinski definition) is 3. The molecule has 0 aromatic heterocycles. The van der Waals surface area contributed by atoms with Gasteiger partial charge < -0.3 is 4.74 Å². The summed E-state index contributed by atoms with van der Waals surface area (Å²) < 4.78 is 4.72. The van der Waals surface area contributed by atoms with E-state index in [-0.39, 0.29) is 5.97 Å². The van der Waals surface area contributed by atoms with Crippen LogP contribution < -0.4 is 0 Å². The third kappa shape index (κ3) is 5.69. The van der Waals surface area contributed by atoms with Gasteiger partial charge in [-0.3, -0.25) is 4.79 Å². The second-order valence-corrected chi connectivity index (χ2v) is 2.70. The second kappa shape index (κ2) is 6.68. The number of ether oxygens (including phenoxy) is 1. The number of carbonyl (C=O) groups is 1. The van der Waals surface area contributed by atoms with Gasteiger partial charge in [0.1, 0.15) is 6.61 Å². The fraction of sp³-hybridized carbons (Fsp3) is 0.571. The van der Waals surface area contributed by atoms with Gasteiger partial charge in [0.25, 0.3) is 0 Å². The standard InChI is InChI=1S/C7H12O2S/c1-3-5-9-7(8)4-6-10-2/h3H,1,4-6H2,2H3. The lowest BCUT2D eigenvalue weighted by Crippen LogP contribution is -2.04. The molecule has 0 aliphatic carbocycles. The van der Waals surface area contributed by atoms with Gasteiger partial charge >= 0.3 is 5.97 Å². The van der Waals surface area contributed by atoms with Crippen LogP contribution in [0.15, 0.2) is 12.7 Å². The molecular weight excluding hydrogens is 148 g/mol. The Hall–Kier alpha value is -0.440. The van der Waals surface area contributed by atoms with Crippen molar-refractivity contribution >= 4 is 17.7 Å². The summed E-state index contributed by atoms with van der Waals surface area (Å²) in [5, 5.41) is 0. The van der Waals surface area contributed by atoms with Crippen LogP contribution in [0.2, 0.25) is 0 Å². The van der Waals surface area contributed by atoms with Crippen molar-refractivity contribution in [2.75, 3.05) is 18.6 Å². The largest absolute Gasteiger partial charge is 0.461 e. The highest BCUT2D eigenvalue weighted by Gasteiger charge is 1.98. The fourth-order valence-electron chi connectivity index (χ4n) is 0.409. The van der Waals surface area contributed by atoms with Crippen molar-refractivity contribution in [3.63, 3.8) is 0 Å². The van der Waals surface area contributed by atoms with Crippen LogP contribution in [0.4, 0.5) is 0 Å². The first-order valence-electron chi connectivity index (χ1n) is 3.06. The van der Waals surface area contributed by atoms with Crippen molar-refractivity contribution in [2.45, 2.75) is 6.42 Å². The lowest BCUT2D eigenvalue weighted by molar-refractivity contribution is -0.141. The van der Waals surface area contributed by atoms with Gasteiger partial charge in [0.05, 0.1) is 6.42 Å². The Bertz CT molecular complexity index is 112. The number of hydrogen-bond donors (Lipinski definition) is 0. The van der Waals surface area contributed by atoms with Crippen LogP contribution in [0.25, 0.3) is 0 Å². The van der Waals surface area contributed by atoms with Crippen molar-refractivity contribution < 1.29 is 9.53 Å². The van der Waals surface area contributed by atoms with E-state index in [1.807, 2.05) is 6.26 Å². The molecule has 0 bridgehead atoms. The Morgan fingerprint density at radius 2 is 2.50 bits per heavy atom. The maximum absolute atomic E-state index is 10.7. The summed E-state index contributed by atoms with van der Waals surface area (Å²) in [6.07, 6.45) is 4.02. The molecule has 10 heavy (non-hydrogen) atoms. The number of esters is 1. The Morgan fingerprint density at radius 3 is 3.00 bits per heavy atom. The second-order valence-electron chi connectivity index (χ2n) is 1.71. The monoisotopic (exact) mass is 160 g/mol. The minimum absolute atomic E-state index is 0.144. The van der Waals surface area contributed by atoms with Crippen LogP contribution in [0.1, 0.15) is 6.42 Å². The van der Waals surface area contributed by atoms with E-state index < -0.39 is 0 Å². The Morgan fingerprint density at radius 1 is 1.80 bits per heavy atom. The maximum Gasteiger partial charge on any atom is 0.306 e. The molecule has 0 spiro atoms. The molecular formula is C7H12O2S. The summed E-state index contributed by atoms with van der Waals surface area (Å²) in [6, 6.07) is 0. The van der Waals surface area contributed by atoms with E-state index in [0.29, 0.717) is 13.0 Å². The van der Waals surface area contributed by atoms with E-state index in [1.165, 1.54) is 0 Å². The molecule has 0 atom stereocenters. The molecule has 0 fully saturated rings. The van der Waals surface area contributed by atoms with E-state index in [1.54, 1.807) is 17.8 Å². The summed E-state index contributed by atoms with van der Waals surface area (Å²) in [5.74, 6) is 0.685. The van der Waals surface area contributed by atoms with E-state index in [0.717, 1.165) is 5.75 Å². The van der Waals surface area contributed by atoms with E-state index in [9.17, 15) is 4.79 Å². The third-order valence-corrected chi connectivity index (χ3v) is 1.48. The molecule has 0 saturated heterocycles. The van der Waals surface area contributed by atoms with Gasteiger partial charge in [-0.15, -0.1) is 0 Å². The molecule has 0 amide bonds. The van der Waals surface area contributed by atoms with Gasteiger partial charge in [0.2, 0.25) is 0 Å². The fourth-order valence-corrected chi connectivity index (χ4v) is 0.780. The van der Waals surface area contributed by atoms with Crippen molar-refractivity contribution in [1.29, 1.82) is 0 Å². The van der Waals surface area contributed by atoms with E-state index >= 15 is 0 Å². The molecule has 0 aliphatic rings. The molecule has 3 heteroatoms. The molecule has 0 N–H and O–H groups in total. The van der Waals surface area contributed by atoms with Crippen LogP contribution in [0.5, 0.6) is 0 Å². The van der Waals surface area contributed by atoms with Crippen LogP contribution in [-0.4, -0.2) is 24.6 Å². The summed E-state index contributed by atoms with van der Waals surface area (Å²) in [7, 11) is 0.